The molecule has 1 atom stereocenters. The largest absolute Gasteiger partial charge is 0.367 e. The molecule has 0 bridgehead atoms. The van der Waals surface area contributed by atoms with Gasteiger partial charge in [-0.05, 0) is 73.6 Å². The summed E-state index contributed by atoms with van der Waals surface area (Å²) in [4.78, 5) is 14.2. The average molecular weight is 437 g/mol. The molecule has 4 heterocycles. The molecule has 0 saturated carbocycles. The van der Waals surface area contributed by atoms with Crippen molar-refractivity contribution in [3.63, 3.8) is 0 Å². The van der Waals surface area contributed by atoms with Crippen molar-refractivity contribution < 1.29 is 0 Å². The van der Waals surface area contributed by atoms with Crippen molar-refractivity contribution >= 4 is 27.6 Å². The first-order valence-corrected chi connectivity index (χ1v) is 11.5. The topological polar surface area (TPSA) is 49.2 Å². The van der Waals surface area contributed by atoms with Crippen LogP contribution in [0.15, 0.2) is 79.0 Å². The quantitative estimate of drug-likeness (QED) is 0.506. The lowest BCUT2D eigenvalue weighted by atomic mass is 10.0. The van der Waals surface area contributed by atoms with Crippen molar-refractivity contribution in [1.82, 2.24) is 24.3 Å². The van der Waals surface area contributed by atoms with E-state index in [1.54, 1.807) is 12.4 Å². The molecule has 2 aromatic heterocycles. The minimum absolute atomic E-state index is 0.576. The Morgan fingerprint density at radius 3 is 2.82 bits per heavy atom. The zero-order valence-corrected chi connectivity index (χ0v) is 19.1. The summed E-state index contributed by atoms with van der Waals surface area (Å²) in [5, 5.41) is 4.91. The Morgan fingerprint density at radius 1 is 1.03 bits per heavy atom. The summed E-state index contributed by atoms with van der Waals surface area (Å²) < 4.78 is 2.16. The van der Waals surface area contributed by atoms with Gasteiger partial charge in [-0.25, -0.2) is 0 Å². The Morgan fingerprint density at radius 2 is 1.94 bits per heavy atom. The van der Waals surface area contributed by atoms with Gasteiger partial charge in [-0.15, -0.1) is 0 Å². The molecular formula is C27H28N6. The van der Waals surface area contributed by atoms with Gasteiger partial charge in [0.1, 0.15) is 0 Å². The van der Waals surface area contributed by atoms with Crippen LogP contribution in [0, 0.1) is 0 Å². The van der Waals surface area contributed by atoms with Gasteiger partial charge >= 0.3 is 0 Å². The number of anilines is 1. The highest BCUT2D eigenvalue weighted by Gasteiger charge is 2.25. The van der Waals surface area contributed by atoms with Crippen molar-refractivity contribution in [2.45, 2.75) is 12.5 Å². The van der Waals surface area contributed by atoms with E-state index in [1.807, 2.05) is 0 Å². The van der Waals surface area contributed by atoms with Crippen LogP contribution < -0.4 is 5.32 Å². The maximum absolute atomic E-state index is 4.67. The average Bonchev–Trinajstić information content (AvgIpc) is 3.44. The molecule has 0 spiro atoms. The Hall–Kier alpha value is -3.64. The first kappa shape index (κ1) is 20.0. The summed E-state index contributed by atoms with van der Waals surface area (Å²) in [6.45, 7) is 3.17. The summed E-state index contributed by atoms with van der Waals surface area (Å²) in [5.41, 5.74) is 7.49. The molecule has 0 amide bonds. The van der Waals surface area contributed by atoms with Gasteiger partial charge in [0, 0.05) is 60.7 Å². The van der Waals surface area contributed by atoms with Crippen LogP contribution in [-0.2, 0) is 7.05 Å². The molecule has 1 N–H and O–H groups in total. The zero-order chi connectivity index (χ0) is 22.4. The van der Waals surface area contributed by atoms with Crippen molar-refractivity contribution in [2.24, 2.45) is 7.05 Å². The number of hydrogen-bond donors (Lipinski definition) is 1. The molecule has 2 aliphatic heterocycles. The van der Waals surface area contributed by atoms with E-state index in [4.69, 9.17) is 0 Å². The number of aromatic nitrogens is 3. The summed E-state index contributed by atoms with van der Waals surface area (Å²) in [7, 11) is 4.28. The Bertz CT molecular complexity index is 1400. The van der Waals surface area contributed by atoms with Crippen LogP contribution >= 0.6 is 0 Å². The van der Waals surface area contributed by atoms with Crippen LogP contribution in [0.5, 0.6) is 0 Å². The first-order chi connectivity index (χ1) is 16.1. The third-order valence-electron chi connectivity index (χ3n) is 6.84. The maximum atomic E-state index is 4.67. The van der Waals surface area contributed by atoms with Gasteiger partial charge in [-0.3, -0.25) is 9.97 Å². The lowest BCUT2D eigenvalue weighted by Gasteiger charge is -2.31. The highest BCUT2D eigenvalue weighted by atomic mass is 15.2. The van der Waals surface area contributed by atoms with Gasteiger partial charge in [0.05, 0.1) is 17.6 Å². The first-order valence-electron chi connectivity index (χ1n) is 11.5. The normalized spacial score (nSPS) is 18.9. The number of benzene rings is 2. The maximum Gasteiger partial charge on any atom is 0.0966 e. The van der Waals surface area contributed by atoms with Gasteiger partial charge in [0.15, 0.2) is 0 Å². The molecule has 1 saturated heterocycles. The Labute approximate surface area is 193 Å². The molecule has 4 aromatic rings. The molecule has 166 valence electrons. The standard InChI is InChI=1S/C27H28N6/c1-31-12-8-23(18-31)33-11-3-4-21(17-33)30-22-15-24(27-25(16-22)28-9-10-29-27)20-6-5-19-7-13-32(2)26(19)14-20/h3-7,9-11,13-16,23,30H,8,12,17-18H2,1-2H3. The smallest absolute Gasteiger partial charge is 0.0966 e. The highest BCUT2D eigenvalue weighted by molar-refractivity contribution is 5.97. The second kappa shape index (κ2) is 8.05. The number of aryl methyl sites for hydroxylation is 1. The molecule has 1 unspecified atom stereocenters. The highest BCUT2D eigenvalue weighted by Crippen LogP contribution is 2.33. The number of rotatable bonds is 4. The van der Waals surface area contributed by atoms with E-state index >= 15 is 0 Å². The summed E-state index contributed by atoms with van der Waals surface area (Å²) in [5.74, 6) is 0. The predicted molar refractivity (Wildman–Crippen MR) is 135 cm³/mol. The van der Waals surface area contributed by atoms with Gasteiger partial charge in [-0.2, -0.15) is 0 Å². The molecule has 0 radical (unpaired) electrons. The molecule has 33 heavy (non-hydrogen) atoms. The fourth-order valence-electron chi connectivity index (χ4n) is 5.07. The lowest BCUT2D eigenvalue weighted by molar-refractivity contribution is 0.288. The molecule has 2 aliphatic rings. The van der Waals surface area contributed by atoms with Crippen LogP contribution in [0.4, 0.5) is 5.69 Å². The van der Waals surface area contributed by atoms with Crippen LogP contribution in [0.2, 0.25) is 0 Å². The van der Waals surface area contributed by atoms with Gasteiger partial charge in [-0.1, -0.05) is 12.1 Å². The minimum Gasteiger partial charge on any atom is -0.367 e. The second-order valence-electron chi connectivity index (χ2n) is 9.18. The van der Waals surface area contributed by atoms with Crippen molar-refractivity contribution in [3.05, 3.63) is 79.0 Å². The molecule has 0 aliphatic carbocycles. The Balaban J connectivity index is 1.35. The van der Waals surface area contributed by atoms with E-state index in [-0.39, 0.29) is 0 Å². The number of hydrogen-bond acceptors (Lipinski definition) is 5. The fraction of sp³-hybridized carbons (Fsp3) is 0.259. The van der Waals surface area contributed by atoms with E-state index in [0.717, 1.165) is 40.9 Å². The van der Waals surface area contributed by atoms with E-state index in [2.05, 4.69) is 105 Å². The van der Waals surface area contributed by atoms with Crippen molar-refractivity contribution in [3.8, 4) is 11.1 Å². The molecule has 2 aromatic carbocycles. The summed E-state index contributed by atoms with van der Waals surface area (Å²) in [6.07, 6.45) is 13.4. The van der Waals surface area contributed by atoms with E-state index < -0.39 is 0 Å². The molecule has 6 heteroatoms. The predicted octanol–water partition coefficient (Wildman–Crippen LogP) is 4.62. The van der Waals surface area contributed by atoms with E-state index in [9.17, 15) is 0 Å². The van der Waals surface area contributed by atoms with Gasteiger partial charge in [0.25, 0.3) is 0 Å². The van der Waals surface area contributed by atoms with Crippen molar-refractivity contribution in [1.29, 1.82) is 0 Å². The minimum atomic E-state index is 0.576. The number of likely N-dealkylation sites (N-methyl/N-ethyl adjacent to an activating group) is 1. The van der Waals surface area contributed by atoms with Crippen LogP contribution in [0.1, 0.15) is 6.42 Å². The molecular weight excluding hydrogens is 408 g/mol. The number of fused-ring (bicyclic) bond motifs is 2. The van der Waals surface area contributed by atoms with E-state index in [1.165, 1.54) is 29.6 Å². The third-order valence-corrected chi connectivity index (χ3v) is 6.84. The van der Waals surface area contributed by atoms with Gasteiger partial charge in [0.2, 0.25) is 0 Å². The number of nitrogens with zero attached hydrogens (tertiary/aromatic N) is 5. The number of likely N-dealkylation sites (tertiary alicyclic amines) is 1. The summed E-state index contributed by atoms with van der Waals surface area (Å²) >= 11 is 0. The van der Waals surface area contributed by atoms with Crippen LogP contribution in [0.25, 0.3) is 33.1 Å². The molecule has 6 nitrogen and oxygen atoms in total. The Kier molecular flexibility index (Phi) is 4.88. The van der Waals surface area contributed by atoms with Crippen molar-refractivity contribution in [2.75, 3.05) is 32.0 Å². The van der Waals surface area contributed by atoms with Crippen LogP contribution in [-0.4, -0.2) is 57.1 Å². The van der Waals surface area contributed by atoms with Gasteiger partial charge < -0.3 is 19.7 Å². The zero-order valence-electron chi connectivity index (χ0n) is 19.1. The SMILES string of the molecule is CN1CCC(N2C=CC=C(Nc3cc(-c4ccc5ccn(C)c5c4)c4nccnc4c3)C2)C1. The molecule has 1 fully saturated rings. The summed E-state index contributed by atoms with van der Waals surface area (Å²) in [6, 6.07) is 13.6. The monoisotopic (exact) mass is 436 g/mol. The fourth-order valence-corrected chi connectivity index (χ4v) is 5.07. The second-order valence-corrected chi connectivity index (χ2v) is 9.18. The van der Waals surface area contributed by atoms with Crippen LogP contribution in [0.3, 0.4) is 0 Å². The molecule has 6 rings (SSSR count). The third kappa shape index (κ3) is 3.76. The number of nitrogens with one attached hydrogen (secondary N) is 1. The lowest BCUT2D eigenvalue weighted by Crippen LogP contribution is -2.36. The van der Waals surface area contributed by atoms with E-state index in [0.29, 0.717) is 6.04 Å². The number of allylic oxidation sites excluding steroid dienone is 2.